The summed E-state index contributed by atoms with van der Waals surface area (Å²) in [5, 5.41) is 0. The number of amides is 2. The van der Waals surface area contributed by atoms with Gasteiger partial charge in [0.15, 0.2) is 11.5 Å². The molecule has 3 fully saturated rings. The molecule has 0 radical (unpaired) electrons. The third-order valence-electron chi connectivity index (χ3n) is 6.77. The third-order valence-corrected chi connectivity index (χ3v) is 6.77. The zero-order valence-electron chi connectivity index (χ0n) is 16.3. The molecule has 3 heterocycles. The highest BCUT2D eigenvalue weighted by molar-refractivity contribution is 5.86. The Hall–Kier alpha value is -2.24. The van der Waals surface area contributed by atoms with Crippen LogP contribution in [-0.4, -0.2) is 54.6 Å². The lowest BCUT2D eigenvalue weighted by atomic mass is 9.78. The quantitative estimate of drug-likeness (QED) is 0.783. The fraction of sp³-hybridized carbons (Fsp3) is 0.636. The van der Waals surface area contributed by atoms with Crippen molar-refractivity contribution in [2.24, 2.45) is 11.3 Å². The average Bonchev–Trinajstić information content (AvgIpc) is 3.23. The van der Waals surface area contributed by atoms with Crippen LogP contribution in [0.1, 0.15) is 44.1 Å². The van der Waals surface area contributed by atoms with Crippen LogP contribution in [0.3, 0.4) is 0 Å². The fourth-order valence-corrected chi connectivity index (χ4v) is 4.91. The maximum absolute atomic E-state index is 13.1. The van der Waals surface area contributed by atoms with Crippen LogP contribution in [0.15, 0.2) is 18.2 Å². The van der Waals surface area contributed by atoms with Crippen molar-refractivity contribution in [2.75, 3.05) is 33.0 Å². The molecule has 0 bridgehead atoms. The minimum Gasteiger partial charge on any atom is -0.454 e. The molecule has 1 aromatic carbocycles. The predicted octanol–water partition coefficient (Wildman–Crippen LogP) is 2.60. The van der Waals surface area contributed by atoms with Crippen molar-refractivity contribution in [1.82, 2.24) is 9.80 Å². The molecule has 4 aliphatic rings. The number of benzene rings is 1. The van der Waals surface area contributed by atoms with Gasteiger partial charge in [-0.25, -0.2) is 0 Å². The highest BCUT2D eigenvalue weighted by Gasteiger charge is 2.49. The monoisotopic (exact) mass is 384 g/mol. The van der Waals surface area contributed by atoms with Crippen molar-refractivity contribution >= 4 is 11.8 Å². The number of hydrogen-bond donors (Lipinski definition) is 0. The molecule has 5 rings (SSSR count). The standard InChI is InChI=1S/C22H28N2O4/c25-20(7-5-16-4-6-18-19(12-16)28-15-27-18)24-11-9-22(14-24)8-1-10-23(21(22)26)13-17-2-3-17/h4,6,12,17H,1-3,5,7-11,13-15H2/t22-/m1/s1. The molecule has 28 heavy (non-hydrogen) atoms. The molecular weight excluding hydrogens is 356 g/mol. The molecule has 1 saturated carbocycles. The number of likely N-dealkylation sites (tertiary alicyclic amines) is 2. The van der Waals surface area contributed by atoms with Gasteiger partial charge in [-0.1, -0.05) is 6.07 Å². The van der Waals surface area contributed by atoms with Crippen LogP contribution in [0.5, 0.6) is 11.5 Å². The van der Waals surface area contributed by atoms with Crippen LogP contribution in [-0.2, 0) is 16.0 Å². The Morgan fingerprint density at radius 3 is 2.86 bits per heavy atom. The number of carbonyl (C=O) groups is 2. The second-order valence-electron chi connectivity index (χ2n) is 8.83. The Labute approximate surface area is 165 Å². The van der Waals surface area contributed by atoms with Gasteiger partial charge in [0.05, 0.1) is 5.41 Å². The number of fused-ring (bicyclic) bond motifs is 1. The Morgan fingerprint density at radius 2 is 2.00 bits per heavy atom. The lowest BCUT2D eigenvalue weighted by molar-refractivity contribution is -0.146. The lowest BCUT2D eigenvalue weighted by Gasteiger charge is -2.39. The summed E-state index contributed by atoms with van der Waals surface area (Å²) < 4.78 is 10.8. The van der Waals surface area contributed by atoms with E-state index < -0.39 is 0 Å². The van der Waals surface area contributed by atoms with Gasteiger partial charge in [0, 0.05) is 32.6 Å². The summed E-state index contributed by atoms with van der Waals surface area (Å²) in [5.41, 5.74) is 0.762. The van der Waals surface area contributed by atoms with Gasteiger partial charge in [-0.3, -0.25) is 9.59 Å². The molecule has 2 amide bonds. The van der Waals surface area contributed by atoms with Gasteiger partial charge in [0.2, 0.25) is 18.6 Å². The maximum atomic E-state index is 13.1. The van der Waals surface area contributed by atoms with Crippen molar-refractivity contribution in [3.05, 3.63) is 23.8 Å². The predicted molar refractivity (Wildman–Crippen MR) is 103 cm³/mol. The molecule has 1 aromatic rings. The normalized spacial score (nSPS) is 26.4. The molecule has 1 aliphatic carbocycles. The van der Waals surface area contributed by atoms with Gasteiger partial charge < -0.3 is 19.3 Å². The summed E-state index contributed by atoms with van der Waals surface area (Å²) >= 11 is 0. The fourth-order valence-electron chi connectivity index (χ4n) is 4.91. The Morgan fingerprint density at radius 1 is 1.14 bits per heavy atom. The summed E-state index contributed by atoms with van der Waals surface area (Å²) in [7, 11) is 0. The first-order valence-electron chi connectivity index (χ1n) is 10.6. The number of nitrogens with zero attached hydrogens (tertiary/aromatic N) is 2. The van der Waals surface area contributed by atoms with E-state index in [0.29, 0.717) is 31.8 Å². The van der Waals surface area contributed by atoms with Crippen molar-refractivity contribution < 1.29 is 19.1 Å². The molecule has 150 valence electrons. The van der Waals surface area contributed by atoms with Crippen molar-refractivity contribution in [3.63, 3.8) is 0 Å². The van der Waals surface area contributed by atoms with Crippen molar-refractivity contribution in [3.8, 4) is 11.5 Å². The number of hydrogen-bond acceptors (Lipinski definition) is 4. The molecular formula is C22H28N2O4. The largest absolute Gasteiger partial charge is 0.454 e. The van der Waals surface area contributed by atoms with Crippen LogP contribution < -0.4 is 9.47 Å². The summed E-state index contributed by atoms with van der Waals surface area (Å²) in [6, 6.07) is 5.86. The second-order valence-corrected chi connectivity index (χ2v) is 8.83. The Bertz CT molecular complexity index is 791. The van der Waals surface area contributed by atoms with E-state index in [9.17, 15) is 9.59 Å². The minimum atomic E-state index is -0.318. The average molecular weight is 384 g/mol. The molecule has 0 aromatic heterocycles. The van der Waals surface area contributed by atoms with Gasteiger partial charge in [-0.15, -0.1) is 0 Å². The molecule has 1 spiro atoms. The molecule has 0 N–H and O–H groups in total. The number of aryl methyl sites for hydroxylation is 1. The van der Waals surface area contributed by atoms with Gasteiger partial charge in [-0.05, 0) is 62.1 Å². The van der Waals surface area contributed by atoms with E-state index in [1.165, 1.54) is 12.8 Å². The molecule has 6 nitrogen and oxygen atoms in total. The van der Waals surface area contributed by atoms with Crippen molar-refractivity contribution in [1.29, 1.82) is 0 Å². The minimum absolute atomic E-state index is 0.154. The third kappa shape index (κ3) is 3.33. The smallest absolute Gasteiger partial charge is 0.231 e. The second kappa shape index (κ2) is 6.98. The summed E-state index contributed by atoms with van der Waals surface area (Å²) in [6.07, 6.45) is 6.50. The van der Waals surface area contributed by atoms with E-state index in [4.69, 9.17) is 9.47 Å². The Kier molecular flexibility index (Phi) is 4.44. The first-order chi connectivity index (χ1) is 13.6. The van der Waals surface area contributed by atoms with Gasteiger partial charge in [0.1, 0.15) is 0 Å². The highest BCUT2D eigenvalue weighted by atomic mass is 16.7. The van der Waals surface area contributed by atoms with Crippen LogP contribution in [0, 0.1) is 11.3 Å². The lowest BCUT2D eigenvalue weighted by Crippen LogP contribution is -2.50. The SMILES string of the molecule is O=C(CCc1ccc2c(c1)OCO2)N1CC[C@]2(CCCN(CC3CC3)C2=O)C1. The molecule has 1 atom stereocenters. The first-order valence-corrected chi connectivity index (χ1v) is 10.6. The van der Waals surface area contributed by atoms with E-state index in [-0.39, 0.29) is 18.1 Å². The number of rotatable bonds is 5. The van der Waals surface area contributed by atoms with E-state index in [2.05, 4.69) is 4.90 Å². The maximum Gasteiger partial charge on any atom is 0.231 e. The number of ether oxygens (including phenoxy) is 2. The van der Waals surface area contributed by atoms with E-state index in [1.54, 1.807) is 0 Å². The Balaban J connectivity index is 1.18. The topological polar surface area (TPSA) is 59.1 Å². The van der Waals surface area contributed by atoms with Crippen LogP contribution in [0.2, 0.25) is 0 Å². The molecule has 6 heteroatoms. The van der Waals surface area contributed by atoms with Crippen LogP contribution >= 0.6 is 0 Å². The summed E-state index contributed by atoms with van der Waals surface area (Å²) in [6.45, 7) is 3.41. The summed E-state index contributed by atoms with van der Waals surface area (Å²) in [4.78, 5) is 29.9. The zero-order chi connectivity index (χ0) is 19.1. The van der Waals surface area contributed by atoms with Crippen LogP contribution in [0.25, 0.3) is 0 Å². The summed E-state index contributed by atoms with van der Waals surface area (Å²) in [5.74, 6) is 2.70. The van der Waals surface area contributed by atoms with Gasteiger partial charge in [0.25, 0.3) is 0 Å². The van der Waals surface area contributed by atoms with E-state index >= 15 is 0 Å². The molecule has 0 unspecified atom stereocenters. The highest BCUT2D eigenvalue weighted by Crippen LogP contribution is 2.42. The molecule has 3 aliphatic heterocycles. The van der Waals surface area contributed by atoms with Crippen molar-refractivity contribution in [2.45, 2.75) is 44.9 Å². The van der Waals surface area contributed by atoms with Gasteiger partial charge >= 0.3 is 0 Å². The zero-order valence-corrected chi connectivity index (χ0v) is 16.3. The van der Waals surface area contributed by atoms with Gasteiger partial charge in [-0.2, -0.15) is 0 Å². The number of piperidine rings is 1. The number of carbonyl (C=O) groups excluding carboxylic acids is 2. The van der Waals surface area contributed by atoms with E-state index in [1.807, 2.05) is 23.1 Å². The molecule has 2 saturated heterocycles. The van der Waals surface area contributed by atoms with Crippen LogP contribution in [0.4, 0.5) is 0 Å². The first kappa shape index (κ1) is 17.8. The van der Waals surface area contributed by atoms with E-state index in [0.717, 1.165) is 55.3 Å².